The lowest BCUT2D eigenvalue weighted by atomic mass is 9.89. The van der Waals surface area contributed by atoms with E-state index in [1.807, 2.05) is 12.1 Å². The van der Waals surface area contributed by atoms with Crippen LogP contribution in [0.2, 0.25) is 0 Å². The Morgan fingerprint density at radius 1 is 1.25 bits per heavy atom. The summed E-state index contributed by atoms with van der Waals surface area (Å²) in [5.74, 6) is 0.741. The van der Waals surface area contributed by atoms with Gasteiger partial charge >= 0.3 is 0 Å². The van der Waals surface area contributed by atoms with E-state index >= 15 is 0 Å². The summed E-state index contributed by atoms with van der Waals surface area (Å²) in [5.41, 5.74) is 6.25. The Hall–Kier alpha value is -1.71. The van der Waals surface area contributed by atoms with Gasteiger partial charge in [0.05, 0.1) is 13.0 Å². The van der Waals surface area contributed by atoms with Gasteiger partial charge in [-0.15, -0.1) is 0 Å². The number of nitrogens with two attached hydrogens (primary N) is 1. The quantitative estimate of drug-likeness (QED) is 0.718. The third-order valence-corrected chi connectivity index (χ3v) is 3.89. The maximum absolute atomic E-state index is 12.0. The van der Waals surface area contributed by atoms with E-state index in [2.05, 4.69) is 26.1 Å². The summed E-state index contributed by atoms with van der Waals surface area (Å²) >= 11 is 0. The minimum absolute atomic E-state index is 0.0412. The molecule has 3 N–H and O–H groups in total. The first-order valence-electron chi connectivity index (χ1n) is 7.34. The van der Waals surface area contributed by atoms with E-state index in [0.29, 0.717) is 24.5 Å². The van der Waals surface area contributed by atoms with Crippen molar-refractivity contribution in [1.82, 2.24) is 5.32 Å². The summed E-state index contributed by atoms with van der Waals surface area (Å²) in [4.78, 5) is 12.0. The molecule has 20 heavy (non-hydrogen) atoms. The van der Waals surface area contributed by atoms with Gasteiger partial charge in [-0.25, -0.2) is 0 Å². The maximum atomic E-state index is 12.0. The monoisotopic (exact) mass is 278 g/mol. The molecule has 0 aliphatic heterocycles. The Labute approximate surface area is 121 Å². The number of carbonyl (C=O) groups excluding carboxylic acids is 1. The highest BCUT2D eigenvalue weighted by Gasteiger charge is 2.25. The Bertz CT molecular complexity index is 420. The van der Waals surface area contributed by atoms with E-state index in [-0.39, 0.29) is 11.4 Å². The minimum atomic E-state index is -0.0751. The number of amides is 1. The number of nitrogen functional groups attached to an aromatic ring is 1. The highest BCUT2D eigenvalue weighted by Crippen LogP contribution is 2.19. The van der Waals surface area contributed by atoms with Crippen LogP contribution in [-0.2, 0) is 4.79 Å². The van der Waals surface area contributed by atoms with E-state index in [9.17, 15) is 4.79 Å². The second-order valence-corrected chi connectivity index (χ2v) is 5.06. The molecular formula is C16H26N2O2. The molecule has 112 valence electrons. The van der Waals surface area contributed by atoms with Crippen molar-refractivity contribution >= 4 is 11.6 Å². The molecule has 1 rings (SSSR count). The van der Waals surface area contributed by atoms with Crippen LogP contribution in [0.15, 0.2) is 24.3 Å². The zero-order chi connectivity index (χ0) is 15.0. The first-order chi connectivity index (χ1) is 9.55. The van der Waals surface area contributed by atoms with Crippen molar-refractivity contribution in [3.8, 4) is 5.75 Å². The van der Waals surface area contributed by atoms with Crippen molar-refractivity contribution in [2.75, 3.05) is 12.3 Å². The lowest BCUT2D eigenvalue weighted by Crippen LogP contribution is -2.47. The molecule has 0 bridgehead atoms. The number of anilines is 1. The summed E-state index contributed by atoms with van der Waals surface area (Å²) in [7, 11) is 0. The lowest BCUT2D eigenvalue weighted by molar-refractivity contribution is -0.123. The van der Waals surface area contributed by atoms with Gasteiger partial charge in [0.2, 0.25) is 5.91 Å². The fraction of sp³-hybridized carbons (Fsp3) is 0.562. The third-order valence-electron chi connectivity index (χ3n) is 3.89. The number of hydrogen-bond donors (Lipinski definition) is 2. The zero-order valence-corrected chi connectivity index (χ0v) is 12.7. The summed E-state index contributed by atoms with van der Waals surface area (Å²) in [6, 6.07) is 7.23. The molecule has 0 aliphatic rings. The van der Waals surface area contributed by atoms with Crippen LogP contribution in [0.25, 0.3) is 0 Å². The van der Waals surface area contributed by atoms with Crippen molar-refractivity contribution < 1.29 is 9.53 Å². The number of ether oxygens (including phenoxy) is 1. The topological polar surface area (TPSA) is 64.3 Å². The van der Waals surface area contributed by atoms with E-state index in [0.717, 1.165) is 19.3 Å². The van der Waals surface area contributed by atoms with Gasteiger partial charge < -0.3 is 15.8 Å². The van der Waals surface area contributed by atoms with Crippen LogP contribution < -0.4 is 15.8 Å². The predicted molar refractivity (Wildman–Crippen MR) is 82.7 cm³/mol. The molecule has 1 aromatic carbocycles. The van der Waals surface area contributed by atoms with E-state index in [1.54, 1.807) is 12.1 Å². The molecule has 0 unspecified atom stereocenters. The Kier molecular flexibility index (Phi) is 6.36. The van der Waals surface area contributed by atoms with Crippen molar-refractivity contribution in [2.45, 2.75) is 52.0 Å². The van der Waals surface area contributed by atoms with Crippen molar-refractivity contribution in [3.63, 3.8) is 0 Å². The predicted octanol–water partition coefficient (Wildman–Crippen LogP) is 3.12. The Balaban J connectivity index is 2.40. The zero-order valence-electron chi connectivity index (χ0n) is 12.7. The molecular weight excluding hydrogens is 252 g/mol. The molecule has 1 aromatic rings. The molecule has 0 heterocycles. The molecule has 4 nitrogen and oxygen atoms in total. The Morgan fingerprint density at radius 2 is 1.90 bits per heavy atom. The molecule has 0 spiro atoms. The largest absolute Gasteiger partial charge is 0.493 e. The molecule has 0 saturated heterocycles. The summed E-state index contributed by atoms with van der Waals surface area (Å²) in [6.45, 7) is 6.69. The fourth-order valence-electron chi connectivity index (χ4n) is 2.24. The van der Waals surface area contributed by atoms with Gasteiger partial charge in [-0.3, -0.25) is 4.79 Å². The first-order valence-corrected chi connectivity index (χ1v) is 7.34. The highest BCUT2D eigenvalue weighted by atomic mass is 16.5. The molecule has 1 amide bonds. The number of carbonyl (C=O) groups is 1. The van der Waals surface area contributed by atoms with Crippen LogP contribution in [-0.4, -0.2) is 18.1 Å². The number of rotatable bonds is 8. The van der Waals surface area contributed by atoms with Crippen LogP contribution >= 0.6 is 0 Å². The van der Waals surface area contributed by atoms with Crippen molar-refractivity contribution in [1.29, 1.82) is 0 Å². The molecule has 0 saturated carbocycles. The smallest absolute Gasteiger partial charge is 0.223 e. The standard InChI is InChI=1S/C16H26N2O2/c1-4-16(5-2,6-3)18-15(19)10-11-20-14-9-7-8-13(17)12-14/h7-9,12H,4-6,10-11,17H2,1-3H3,(H,18,19). The highest BCUT2D eigenvalue weighted by molar-refractivity contribution is 5.76. The van der Waals surface area contributed by atoms with Gasteiger partial charge in [0.1, 0.15) is 5.75 Å². The lowest BCUT2D eigenvalue weighted by Gasteiger charge is -2.31. The van der Waals surface area contributed by atoms with Crippen LogP contribution in [0.3, 0.4) is 0 Å². The van der Waals surface area contributed by atoms with Gasteiger partial charge in [0.25, 0.3) is 0 Å². The number of hydrogen-bond acceptors (Lipinski definition) is 3. The summed E-state index contributed by atoms with van der Waals surface area (Å²) < 4.78 is 5.53. The minimum Gasteiger partial charge on any atom is -0.493 e. The number of benzene rings is 1. The fourth-order valence-corrected chi connectivity index (χ4v) is 2.24. The van der Waals surface area contributed by atoms with Gasteiger partial charge in [-0.2, -0.15) is 0 Å². The van der Waals surface area contributed by atoms with Crippen LogP contribution in [0.5, 0.6) is 5.75 Å². The van der Waals surface area contributed by atoms with Crippen LogP contribution in [0.1, 0.15) is 46.5 Å². The SMILES string of the molecule is CCC(CC)(CC)NC(=O)CCOc1cccc(N)c1. The van der Waals surface area contributed by atoms with Crippen LogP contribution in [0, 0.1) is 0 Å². The van der Waals surface area contributed by atoms with Gasteiger partial charge in [-0.1, -0.05) is 26.8 Å². The molecule has 0 aliphatic carbocycles. The maximum Gasteiger partial charge on any atom is 0.223 e. The third kappa shape index (κ3) is 4.76. The average molecular weight is 278 g/mol. The second-order valence-electron chi connectivity index (χ2n) is 5.06. The number of nitrogens with one attached hydrogen (secondary N) is 1. The average Bonchev–Trinajstić information content (AvgIpc) is 2.45. The molecule has 0 radical (unpaired) electrons. The van der Waals surface area contributed by atoms with Crippen molar-refractivity contribution in [2.24, 2.45) is 0 Å². The van der Waals surface area contributed by atoms with Crippen LogP contribution in [0.4, 0.5) is 5.69 Å². The molecule has 0 fully saturated rings. The molecule has 0 atom stereocenters. The van der Waals surface area contributed by atoms with Gasteiger partial charge in [0, 0.05) is 17.3 Å². The Morgan fingerprint density at radius 3 is 2.45 bits per heavy atom. The van der Waals surface area contributed by atoms with Crippen molar-refractivity contribution in [3.05, 3.63) is 24.3 Å². The molecule has 4 heteroatoms. The van der Waals surface area contributed by atoms with E-state index in [1.165, 1.54) is 0 Å². The van der Waals surface area contributed by atoms with Gasteiger partial charge in [-0.05, 0) is 31.4 Å². The second kappa shape index (κ2) is 7.78. The normalized spacial score (nSPS) is 11.2. The van der Waals surface area contributed by atoms with Gasteiger partial charge in [0.15, 0.2) is 0 Å². The summed E-state index contributed by atoms with van der Waals surface area (Å²) in [5, 5.41) is 3.13. The molecule has 0 aromatic heterocycles. The first kappa shape index (κ1) is 16.3. The van der Waals surface area contributed by atoms with E-state index < -0.39 is 0 Å². The summed E-state index contributed by atoms with van der Waals surface area (Å²) in [6.07, 6.45) is 3.20. The van der Waals surface area contributed by atoms with E-state index in [4.69, 9.17) is 10.5 Å².